The minimum absolute atomic E-state index is 0. The van der Waals surface area contributed by atoms with Gasteiger partial charge >= 0.3 is 5.97 Å². The Kier molecular flexibility index (Phi) is 7.90. The number of aliphatic hydroxyl groups excluding tert-OH is 2. The largest absolute Gasteiger partial charge is 0.508 e. The van der Waals surface area contributed by atoms with Gasteiger partial charge in [0.1, 0.15) is 22.8 Å². The average Bonchev–Trinajstić information content (AvgIpc) is 2.92. The number of aliphatic hydroxyl groups is 3. The van der Waals surface area contributed by atoms with Crippen molar-refractivity contribution >= 4 is 34.9 Å². The van der Waals surface area contributed by atoms with E-state index in [1.165, 1.54) is 12.1 Å². The Morgan fingerprint density at radius 1 is 1.10 bits per heavy atom. The molecule has 2 aromatic carbocycles. The van der Waals surface area contributed by atoms with Crippen molar-refractivity contribution < 1.29 is 47.6 Å². The molecular weight excluding hydrogens is 546 g/mol. The van der Waals surface area contributed by atoms with Gasteiger partial charge in [0.15, 0.2) is 11.4 Å². The lowest BCUT2D eigenvalue weighted by Crippen LogP contribution is -2.58. The van der Waals surface area contributed by atoms with Crippen LogP contribution in [-0.2, 0) is 33.9 Å². The number of amides is 1. The number of phenols is 1. The van der Waals surface area contributed by atoms with Crippen LogP contribution in [0.5, 0.6) is 5.75 Å². The molecule has 2 aromatic rings. The Morgan fingerprint density at radius 2 is 1.76 bits per heavy atom. The Bertz CT molecular complexity index is 1590. The highest BCUT2D eigenvalue weighted by Gasteiger charge is 2.60. The van der Waals surface area contributed by atoms with Crippen molar-refractivity contribution in [3.63, 3.8) is 0 Å². The van der Waals surface area contributed by atoms with E-state index in [-0.39, 0.29) is 58.5 Å². The number of hydrogen-bond acceptors (Lipinski definition) is 10. The van der Waals surface area contributed by atoms with Crippen LogP contribution in [0.1, 0.15) is 55.7 Å². The van der Waals surface area contributed by atoms with E-state index in [1.54, 1.807) is 25.2 Å². The molecule has 0 bridgehead atoms. The van der Waals surface area contributed by atoms with Crippen molar-refractivity contribution in [3.8, 4) is 5.75 Å². The fourth-order valence-electron chi connectivity index (χ4n) is 6.21. The van der Waals surface area contributed by atoms with Gasteiger partial charge in [-0.2, -0.15) is 0 Å². The summed E-state index contributed by atoms with van der Waals surface area (Å²) in [6.45, 7) is 0.494. The maximum atomic E-state index is 13.7. The molecule has 0 aliphatic heterocycles. The van der Waals surface area contributed by atoms with Gasteiger partial charge in [-0.05, 0) is 48.1 Å². The third kappa shape index (κ3) is 4.58. The summed E-state index contributed by atoms with van der Waals surface area (Å²) < 4.78 is 0. The zero-order valence-electron chi connectivity index (χ0n) is 22.0. The number of nitrogens with two attached hydrogens (primary N) is 1. The number of carboxylic acid groups (broad SMARTS) is 1. The van der Waals surface area contributed by atoms with Crippen LogP contribution in [0, 0.1) is 11.8 Å². The molecule has 1 fully saturated rings. The predicted molar refractivity (Wildman–Crippen MR) is 156 cm³/mol. The van der Waals surface area contributed by atoms with Crippen molar-refractivity contribution in [2.75, 3.05) is 12.4 Å². The van der Waals surface area contributed by atoms with Crippen LogP contribution in [0.3, 0.4) is 0 Å². The van der Waals surface area contributed by atoms with E-state index in [0.29, 0.717) is 23.4 Å². The number of anilines is 1. The molecule has 0 aromatic heterocycles. The van der Waals surface area contributed by atoms with Crippen LogP contribution in [0.4, 0.5) is 5.69 Å². The number of hydrogen-bond donors (Lipinski definition) is 8. The van der Waals surface area contributed by atoms with E-state index in [1.807, 2.05) is 0 Å². The van der Waals surface area contributed by atoms with Crippen molar-refractivity contribution in [2.24, 2.45) is 17.6 Å². The summed E-state index contributed by atoms with van der Waals surface area (Å²) in [4.78, 5) is 49.1. The molecule has 0 radical (unpaired) electrons. The summed E-state index contributed by atoms with van der Waals surface area (Å²) >= 11 is 0. The monoisotopic (exact) mass is 583 g/mol. The second-order valence-corrected chi connectivity index (χ2v) is 10.5. The van der Waals surface area contributed by atoms with Gasteiger partial charge in [-0.25, -0.2) is 4.79 Å². The molecule has 3 aliphatic carbocycles. The minimum atomic E-state index is -2.62. The van der Waals surface area contributed by atoms with Crippen molar-refractivity contribution in [3.05, 3.63) is 75.1 Å². The number of carbonyl (C=O) groups is 4. The topological polar surface area (TPSA) is 220 Å². The second kappa shape index (κ2) is 11.0. The highest BCUT2D eigenvalue weighted by atomic mass is 16.4. The minimum Gasteiger partial charge on any atom is -0.508 e. The number of aromatic hydroxyl groups is 1. The molecule has 9 N–H and O–H groups in total. The Balaban J connectivity index is 0.00000225. The fraction of sp³-hybridized carbons (Fsp3) is 0.333. The van der Waals surface area contributed by atoms with Gasteiger partial charge in [-0.1, -0.05) is 19.6 Å². The molecule has 0 heterocycles. The molecule has 3 atom stereocenters. The molecule has 5 rings (SSSR count). The number of primary amides is 1. The molecule has 1 saturated carbocycles. The van der Waals surface area contributed by atoms with E-state index in [0.717, 1.165) is 5.56 Å². The van der Waals surface area contributed by atoms with Crippen LogP contribution < -0.4 is 16.4 Å². The molecule has 3 aliphatic rings. The lowest BCUT2D eigenvalue weighted by atomic mass is 9.59. The molecule has 12 heteroatoms. The van der Waals surface area contributed by atoms with Gasteiger partial charge in [0.2, 0.25) is 5.78 Å². The lowest BCUT2D eigenvalue weighted by molar-refractivity contribution is -0.147. The van der Waals surface area contributed by atoms with Crippen molar-refractivity contribution in [1.29, 1.82) is 0 Å². The Labute approximate surface area is 244 Å². The maximum Gasteiger partial charge on any atom is 0.335 e. The summed E-state index contributed by atoms with van der Waals surface area (Å²) in [6.07, 6.45) is -0.131. The van der Waals surface area contributed by atoms with E-state index in [9.17, 15) is 39.6 Å². The van der Waals surface area contributed by atoms with E-state index >= 15 is 0 Å². The molecular formula is C30H37N3O9. The van der Waals surface area contributed by atoms with E-state index < -0.39 is 58.0 Å². The smallest absolute Gasteiger partial charge is 0.335 e. The van der Waals surface area contributed by atoms with Gasteiger partial charge in [-0.3, -0.25) is 14.4 Å². The number of fused-ring (bicyclic) bond motifs is 3. The van der Waals surface area contributed by atoms with Crippen LogP contribution >= 0.6 is 0 Å². The van der Waals surface area contributed by atoms with E-state index in [4.69, 9.17) is 10.8 Å². The highest BCUT2D eigenvalue weighted by molar-refractivity contribution is 6.22. The lowest BCUT2D eigenvalue weighted by Gasteiger charge is -2.46. The first-order valence-corrected chi connectivity index (χ1v) is 13.0. The highest BCUT2D eigenvalue weighted by Crippen LogP contribution is 2.53. The van der Waals surface area contributed by atoms with Crippen molar-refractivity contribution in [2.45, 2.75) is 45.4 Å². The molecule has 1 amide bonds. The Morgan fingerprint density at radius 3 is 2.36 bits per heavy atom. The third-order valence-corrected chi connectivity index (χ3v) is 8.26. The first kappa shape index (κ1) is 30.3. The second-order valence-electron chi connectivity index (χ2n) is 10.5. The summed E-state index contributed by atoms with van der Waals surface area (Å²) in [5.41, 5.74) is 4.07. The third-order valence-electron chi connectivity index (χ3n) is 8.26. The standard InChI is InChI=1S/C29H29N3O9.CH4.2H2/c1-31-18-8-15(11-32-10-12-2-4-13(5-3-12)28(39)40)23(34)21-17(18)7-14-6-16-9-19(33)22(27(30)38)26(37)29(16,41)25(36)20(14)24(21)35;;;/h2-5,8,14,16,31-32,34-35,37,41H,6-7,9-11H2,1H3,(H2,30,38)(H,39,40);1H4;2*1H/t14?,16?,29-;;;/m0.../s1. The predicted octanol–water partition coefficient (Wildman–Crippen LogP) is 2.58. The summed E-state index contributed by atoms with van der Waals surface area (Å²) in [5.74, 6) is -7.74. The number of aromatic carboxylic acids is 1. The number of Topliss-reactive ketones (excluding diaryl/α,β-unsaturated/α-hetero) is 2. The van der Waals surface area contributed by atoms with Crippen molar-refractivity contribution in [1.82, 2.24) is 5.32 Å². The van der Waals surface area contributed by atoms with Gasteiger partial charge in [0.05, 0.1) is 11.1 Å². The zero-order valence-corrected chi connectivity index (χ0v) is 22.0. The van der Waals surface area contributed by atoms with Crippen LogP contribution in [0.25, 0.3) is 5.76 Å². The number of nitrogens with one attached hydrogen (secondary N) is 2. The van der Waals surface area contributed by atoms with E-state index in [2.05, 4.69) is 10.6 Å². The fourth-order valence-corrected chi connectivity index (χ4v) is 6.21. The van der Waals surface area contributed by atoms with Crippen LogP contribution in [0.15, 0.2) is 47.2 Å². The quantitative estimate of drug-likeness (QED) is 0.175. The molecule has 226 valence electrons. The molecule has 42 heavy (non-hydrogen) atoms. The average molecular weight is 584 g/mol. The maximum absolute atomic E-state index is 13.7. The number of rotatable bonds is 7. The number of carbonyl (C=O) groups excluding carboxylic acids is 3. The molecule has 0 saturated heterocycles. The van der Waals surface area contributed by atoms with Gasteiger partial charge in [-0.15, -0.1) is 0 Å². The molecule has 2 unspecified atom stereocenters. The SMILES string of the molecule is C.CNc1cc(CNCc2ccc(C(=O)O)cc2)c(O)c2c1CC1CC3CC(=O)C(C(N)=O)=C(O)[C@@]3(O)C(=O)C1=C2O.[HH].[HH]. The summed E-state index contributed by atoms with van der Waals surface area (Å²) in [6, 6.07) is 8.01. The molecule has 12 nitrogen and oxygen atoms in total. The normalized spacial score (nSPS) is 23.0. The van der Waals surface area contributed by atoms with Crippen LogP contribution in [-0.4, -0.2) is 61.6 Å². The van der Waals surface area contributed by atoms with Gasteiger partial charge in [0.25, 0.3) is 5.91 Å². The first-order valence-electron chi connectivity index (χ1n) is 13.0. The molecule has 0 spiro atoms. The number of ketones is 2. The number of carboxylic acids is 1. The van der Waals surface area contributed by atoms with Gasteiger partial charge in [0, 0.05) is 52.2 Å². The first-order chi connectivity index (χ1) is 19.4. The summed E-state index contributed by atoms with van der Waals surface area (Å²) in [7, 11) is 1.67. The van der Waals surface area contributed by atoms with Gasteiger partial charge < -0.3 is 41.9 Å². The summed E-state index contributed by atoms with van der Waals surface area (Å²) in [5, 5.41) is 60.0. The number of benzene rings is 2. The van der Waals surface area contributed by atoms with Crippen LogP contribution in [0.2, 0.25) is 0 Å². The Hall–Kier alpha value is -4.68. The number of phenolic OH excluding ortho intramolecular Hbond substituents is 1. The zero-order chi connectivity index (χ0) is 29.8.